The standard InChI is InChI=1S/C30H38N4S/c1-7-30(21-29(3,4)26-14-9-15-32-28(26)30)25-13-8-12-23(17-25)27(31-5)20-35-19-24-18-33-34(6)16-10-11-22(24)2/h7,9-10,12,14-18,20,22,33H,1,5,8,11,13,19,21H2,2-4,6H3/b16-10-,24-18-,27-20-. The number of pyridine rings is 1. The van der Waals surface area contributed by atoms with Crippen LogP contribution in [0, 0.1) is 5.92 Å². The normalized spacial score (nSPS) is 28.3. The van der Waals surface area contributed by atoms with Crippen LogP contribution in [-0.4, -0.2) is 29.5 Å². The Morgan fingerprint density at radius 3 is 3.00 bits per heavy atom. The van der Waals surface area contributed by atoms with Gasteiger partial charge in [-0.1, -0.05) is 56.7 Å². The van der Waals surface area contributed by atoms with E-state index in [-0.39, 0.29) is 10.8 Å². The van der Waals surface area contributed by atoms with E-state index in [0.29, 0.717) is 5.92 Å². The van der Waals surface area contributed by atoms with E-state index in [1.54, 1.807) is 11.8 Å². The molecule has 2 atom stereocenters. The van der Waals surface area contributed by atoms with Crippen LogP contribution >= 0.6 is 11.8 Å². The second kappa shape index (κ2) is 10.4. The summed E-state index contributed by atoms with van der Waals surface area (Å²) in [6, 6.07) is 4.28. The number of hydrazine groups is 1. The van der Waals surface area contributed by atoms with Gasteiger partial charge in [0.25, 0.3) is 0 Å². The van der Waals surface area contributed by atoms with Gasteiger partial charge in [0.1, 0.15) is 0 Å². The van der Waals surface area contributed by atoms with Crippen LogP contribution in [-0.2, 0) is 10.8 Å². The Hall–Kier alpha value is -2.79. The molecule has 0 saturated carbocycles. The summed E-state index contributed by atoms with van der Waals surface area (Å²) in [4.78, 5) is 9.29. The second-order valence-corrected chi connectivity index (χ2v) is 11.3. The molecule has 0 radical (unpaired) electrons. The lowest BCUT2D eigenvalue weighted by molar-refractivity contribution is 0.377. The number of nitrogens with zero attached hydrogens (tertiary/aromatic N) is 3. The van der Waals surface area contributed by atoms with Crippen LogP contribution in [0.1, 0.15) is 57.7 Å². The molecule has 35 heavy (non-hydrogen) atoms. The molecule has 0 amide bonds. The molecule has 2 heterocycles. The number of aromatic nitrogens is 1. The van der Waals surface area contributed by atoms with Gasteiger partial charge >= 0.3 is 0 Å². The van der Waals surface area contributed by atoms with E-state index >= 15 is 0 Å². The first kappa shape index (κ1) is 25.3. The summed E-state index contributed by atoms with van der Waals surface area (Å²) in [6.45, 7) is 15.1. The third-order valence-corrected chi connectivity index (χ3v) is 8.42. The first-order chi connectivity index (χ1) is 16.8. The molecule has 0 aromatic carbocycles. The zero-order valence-electron chi connectivity index (χ0n) is 21.6. The third-order valence-electron chi connectivity index (χ3n) is 7.53. The van der Waals surface area contributed by atoms with Crippen LogP contribution in [0.5, 0.6) is 0 Å². The maximum absolute atomic E-state index is 4.87. The van der Waals surface area contributed by atoms with Crippen molar-refractivity contribution >= 4 is 18.5 Å². The molecule has 184 valence electrons. The third kappa shape index (κ3) is 5.11. The van der Waals surface area contributed by atoms with E-state index in [2.05, 4.69) is 98.7 Å². The van der Waals surface area contributed by atoms with E-state index < -0.39 is 0 Å². The minimum Gasteiger partial charge on any atom is -0.307 e. The average Bonchev–Trinajstić information content (AvgIpc) is 3.10. The van der Waals surface area contributed by atoms with Gasteiger partial charge in [-0.05, 0) is 71.9 Å². The van der Waals surface area contributed by atoms with Crippen molar-refractivity contribution in [2.24, 2.45) is 10.9 Å². The lowest BCUT2D eigenvalue weighted by atomic mass is 9.71. The maximum atomic E-state index is 4.87. The summed E-state index contributed by atoms with van der Waals surface area (Å²) >= 11 is 1.78. The van der Waals surface area contributed by atoms with Gasteiger partial charge in [0.15, 0.2) is 0 Å². The Morgan fingerprint density at radius 1 is 1.40 bits per heavy atom. The van der Waals surface area contributed by atoms with Gasteiger partial charge in [0, 0.05) is 31.4 Å². The molecule has 1 aromatic rings. The zero-order valence-corrected chi connectivity index (χ0v) is 22.4. The summed E-state index contributed by atoms with van der Waals surface area (Å²) in [5.41, 5.74) is 10.5. The van der Waals surface area contributed by atoms with Crippen LogP contribution in [0.3, 0.4) is 0 Å². The summed E-state index contributed by atoms with van der Waals surface area (Å²) in [6.07, 6.45) is 19.1. The topological polar surface area (TPSA) is 40.5 Å². The van der Waals surface area contributed by atoms with E-state index in [9.17, 15) is 0 Å². The molecule has 5 heteroatoms. The van der Waals surface area contributed by atoms with Crippen molar-refractivity contribution in [3.05, 3.63) is 101 Å². The number of allylic oxidation sites excluding steroid dienone is 5. The van der Waals surface area contributed by atoms with Crippen LogP contribution in [0.4, 0.5) is 0 Å². The van der Waals surface area contributed by atoms with Crippen molar-refractivity contribution < 1.29 is 0 Å². The molecule has 2 unspecified atom stereocenters. The minimum absolute atomic E-state index is 0.0600. The molecule has 4 rings (SSSR count). The van der Waals surface area contributed by atoms with Gasteiger partial charge in [-0.25, -0.2) is 0 Å². The zero-order chi connectivity index (χ0) is 25.1. The Kier molecular flexibility index (Phi) is 7.56. The fourth-order valence-corrected chi connectivity index (χ4v) is 6.53. The molecular weight excluding hydrogens is 448 g/mol. The van der Waals surface area contributed by atoms with Gasteiger partial charge < -0.3 is 5.43 Å². The molecule has 0 fully saturated rings. The molecule has 0 spiro atoms. The Labute approximate surface area is 215 Å². The van der Waals surface area contributed by atoms with Crippen molar-refractivity contribution in [1.82, 2.24) is 15.4 Å². The Morgan fingerprint density at radius 2 is 2.23 bits per heavy atom. The van der Waals surface area contributed by atoms with Gasteiger partial charge in [-0.2, -0.15) is 0 Å². The fraction of sp³-hybridized carbons (Fsp3) is 0.400. The van der Waals surface area contributed by atoms with E-state index in [1.807, 2.05) is 18.3 Å². The van der Waals surface area contributed by atoms with E-state index in [0.717, 1.165) is 48.4 Å². The van der Waals surface area contributed by atoms with Crippen molar-refractivity contribution in [3.8, 4) is 0 Å². The predicted octanol–water partition coefficient (Wildman–Crippen LogP) is 6.98. The first-order valence-corrected chi connectivity index (χ1v) is 13.5. The predicted molar refractivity (Wildman–Crippen MR) is 151 cm³/mol. The molecule has 1 aromatic heterocycles. The van der Waals surface area contributed by atoms with Crippen molar-refractivity contribution in [2.75, 3.05) is 12.8 Å². The number of aliphatic imine (C=N–C) groups is 1. The average molecular weight is 487 g/mol. The van der Waals surface area contributed by atoms with Crippen LogP contribution in [0.15, 0.2) is 94.4 Å². The highest BCUT2D eigenvalue weighted by Gasteiger charge is 2.49. The number of nitrogens with one attached hydrogen (secondary N) is 1. The second-order valence-electron chi connectivity index (χ2n) is 10.5. The quantitative estimate of drug-likeness (QED) is 0.333. The van der Waals surface area contributed by atoms with Gasteiger partial charge in [0.05, 0.1) is 16.8 Å². The molecule has 2 aliphatic carbocycles. The van der Waals surface area contributed by atoms with Crippen LogP contribution in [0.25, 0.3) is 0 Å². The summed E-state index contributed by atoms with van der Waals surface area (Å²) in [5.74, 6) is 1.42. The van der Waals surface area contributed by atoms with Crippen molar-refractivity contribution in [3.63, 3.8) is 0 Å². The number of rotatable bonds is 7. The molecule has 1 aliphatic heterocycles. The summed E-state index contributed by atoms with van der Waals surface area (Å²) in [5, 5.41) is 4.14. The van der Waals surface area contributed by atoms with Crippen LogP contribution in [0.2, 0.25) is 0 Å². The molecule has 0 bridgehead atoms. The SMILES string of the molecule is C=CC1(C2=CC(/C(=C/SC/C3=C/NN(C)/C=C\CC3C)N=C)=CCC2)CC(C)(C)c2cccnc21. The highest BCUT2D eigenvalue weighted by molar-refractivity contribution is 8.02. The van der Waals surface area contributed by atoms with Crippen LogP contribution < -0.4 is 5.43 Å². The lowest BCUT2D eigenvalue weighted by Gasteiger charge is -2.33. The number of hydrogen-bond acceptors (Lipinski definition) is 5. The molecule has 4 nitrogen and oxygen atoms in total. The van der Waals surface area contributed by atoms with Gasteiger partial charge in [-0.3, -0.25) is 15.0 Å². The number of hydrogen-bond donors (Lipinski definition) is 1. The molecule has 1 N–H and O–H groups in total. The molecular formula is C30H38N4S. The van der Waals surface area contributed by atoms with Crippen molar-refractivity contribution in [1.29, 1.82) is 0 Å². The highest BCUT2D eigenvalue weighted by atomic mass is 32.2. The summed E-state index contributed by atoms with van der Waals surface area (Å²) < 4.78 is 0. The number of thioether (sulfide) groups is 1. The van der Waals surface area contributed by atoms with E-state index in [4.69, 9.17) is 4.98 Å². The lowest BCUT2D eigenvalue weighted by Crippen LogP contribution is -2.27. The minimum atomic E-state index is -0.233. The fourth-order valence-electron chi connectivity index (χ4n) is 5.52. The smallest absolute Gasteiger partial charge is 0.0754 e. The maximum Gasteiger partial charge on any atom is 0.0754 e. The number of fused-ring (bicyclic) bond motifs is 1. The highest BCUT2D eigenvalue weighted by Crippen LogP contribution is 2.54. The molecule has 3 aliphatic rings. The Balaban J connectivity index is 1.57. The van der Waals surface area contributed by atoms with Gasteiger partial charge in [-0.15, -0.1) is 18.3 Å². The monoisotopic (exact) mass is 486 g/mol. The van der Waals surface area contributed by atoms with Crippen molar-refractivity contribution in [2.45, 2.75) is 57.3 Å². The largest absolute Gasteiger partial charge is 0.307 e. The van der Waals surface area contributed by atoms with E-state index in [1.165, 1.54) is 16.7 Å². The summed E-state index contributed by atoms with van der Waals surface area (Å²) in [7, 11) is 2.02. The Bertz CT molecular complexity index is 1140. The molecule has 0 saturated heterocycles. The van der Waals surface area contributed by atoms with Gasteiger partial charge in [0.2, 0.25) is 0 Å². The first-order valence-electron chi connectivity index (χ1n) is 12.4.